The molecule has 2 aromatic rings. The minimum absolute atomic E-state index is 0.0902. The Morgan fingerprint density at radius 3 is 2.95 bits per heavy atom. The van der Waals surface area contributed by atoms with Crippen molar-refractivity contribution in [2.45, 2.75) is 32.2 Å². The van der Waals surface area contributed by atoms with E-state index in [1.807, 2.05) is 0 Å². The predicted octanol–water partition coefficient (Wildman–Crippen LogP) is 2.77. The predicted molar refractivity (Wildman–Crippen MR) is 75.7 cm³/mol. The molecule has 1 N–H and O–H groups in total. The third kappa shape index (κ3) is 2.78. The number of hydrogen-bond acceptors (Lipinski definition) is 6. The van der Waals surface area contributed by atoms with E-state index in [1.165, 1.54) is 12.5 Å². The fourth-order valence-electron chi connectivity index (χ4n) is 2.56. The number of aryl methyl sites for hydroxylation is 1. The van der Waals surface area contributed by atoms with Crippen molar-refractivity contribution in [3.63, 3.8) is 0 Å². The van der Waals surface area contributed by atoms with Crippen LogP contribution in [0.3, 0.4) is 0 Å². The van der Waals surface area contributed by atoms with Crippen molar-refractivity contribution in [2.24, 2.45) is 0 Å². The molecule has 1 unspecified atom stereocenters. The maximum atomic E-state index is 10.8. The van der Waals surface area contributed by atoms with Crippen LogP contribution in [0.25, 0.3) is 11.5 Å². The Morgan fingerprint density at radius 2 is 2.29 bits per heavy atom. The van der Waals surface area contributed by atoms with Gasteiger partial charge in [0, 0.05) is 17.2 Å². The van der Waals surface area contributed by atoms with Crippen LogP contribution in [-0.2, 0) is 0 Å². The van der Waals surface area contributed by atoms with E-state index in [1.54, 1.807) is 19.1 Å². The average molecular weight is 288 g/mol. The van der Waals surface area contributed by atoms with Gasteiger partial charge in [0.15, 0.2) is 5.82 Å². The monoisotopic (exact) mass is 288 g/mol. The summed E-state index contributed by atoms with van der Waals surface area (Å²) in [7, 11) is 0. The molecule has 1 fully saturated rings. The molecule has 0 saturated carbocycles. The summed E-state index contributed by atoms with van der Waals surface area (Å²) in [6.07, 6.45) is 3.32. The first-order chi connectivity index (χ1) is 10.1. The standard InChI is InChI=1S/C14H16N4O3/c1-9-8-10(5-6-12(9)18(19)20)14-16-13(17-21-14)11-4-2-3-7-15-11/h5-6,8,11,15H,2-4,7H2,1H3. The molecule has 0 aliphatic carbocycles. The number of nitro groups is 1. The van der Waals surface area contributed by atoms with Gasteiger partial charge < -0.3 is 9.84 Å². The Bertz CT molecular complexity index is 662. The van der Waals surface area contributed by atoms with E-state index in [0.29, 0.717) is 22.8 Å². The summed E-state index contributed by atoms with van der Waals surface area (Å²) in [6.45, 7) is 2.66. The van der Waals surface area contributed by atoms with Crippen molar-refractivity contribution < 1.29 is 9.45 Å². The normalized spacial score (nSPS) is 18.6. The molecule has 1 aromatic heterocycles. The lowest BCUT2D eigenvalue weighted by atomic mass is 10.0. The lowest BCUT2D eigenvalue weighted by Gasteiger charge is -2.19. The van der Waals surface area contributed by atoms with Gasteiger partial charge in [0.1, 0.15) is 0 Å². The summed E-state index contributed by atoms with van der Waals surface area (Å²) in [5.41, 5.74) is 1.37. The molecule has 21 heavy (non-hydrogen) atoms. The lowest BCUT2D eigenvalue weighted by Crippen LogP contribution is -2.27. The third-order valence-corrected chi connectivity index (χ3v) is 3.70. The van der Waals surface area contributed by atoms with Crippen LogP contribution in [0.15, 0.2) is 22.7 Å². The van der Waals surface area contributed by atoms with Crippen LogP contribution in [0, 0.1) is 17.0 Å². The average Bonchev–Trinajstić information content (AvgIpc) is 2.97. The highest BCUT2D eigenvalue weighted by Crippen LogP contribution is 2.27. The summed E-state index contributed by atoms with van der Waals surface area (Å²) in [6, 6.07) is 4.93. The summed E-state index contributed by atoms with van der Waals surface area (Å²) in [4.78, 5) is 14.8. The molecule has 110 valence electrons. The molecule has 2 heterocycles. The van der Waals surface area contributed by atoms with Crippen molar-refractivity contribution in [3.05, 3.63) is 39.7 Å². The molecular formula is C14H16N4O3. The van der Waals surface area contributed by atoms with Crippen LogP contribution < -0.4 is 5.32 Å². The Hall–Kier alpha value is -2.28. The van der Waals surface area contributed by atoms with Gasteiger partial charge in [-0.1, -0.05) is 11.6 Å². The smallest absolute Gasteiger partial charge is 0.272 e. The molecule has 3 rings (SSSR count). The highest BCUT2D eigenvalue weighted by atomic mass is 16.6. The fraction of sp³-hybridized carbons (Fsp3) is 0.429. The molecule has 0 spiro atoms. The third-order valence-electron chi connectivity index (χ3n) is 3.70. The van der Waals surface area contributed by atoms with Crippen LogP contribution in [0.2, 0.25) is 0 Å². The van der Waals surface area contributed by atoms with Gasteiger partial charge in [-0.25, -0.2) is 0 Å². The van der Waals surface area contributed by atoms with Crippen LogP contribution in [0.5, 0.6) is 0 Å². The van der Waals surface area contributed by atoms with E-state index < -0.39 is 4.92 Å². The molecule has 1 aliphatic heterocycles. The van der Waals surface area contributed by atoms with Gasteiger partial charge in [-0.3, -0.25) is 10.1 Å². The summed E-state index contributed by atoms with van der Waals surface area (Å²) in [5.74, 6) is 1.05. The second-order valence-electron chi connectivity index (χ2n) is 5.22. The van der Waals surface area contributed by atoms with Crippen LogP contribution in [0.4, 0.5) is 5.69 Å². The van der Waals surface area contributed by atoms with E-state index in [9.17, 15) is 10.1 Å². The summed E-state index contributed by atoms with van der Waals surface area (Å²) >= 11 is 0. The number of nitrogens with zero attached hydrogens (tertiary/aromatic N) is 3. The van der Waals surface area contributed by atoms with Gasteiger partial charge in [-0.05, 0) is 38.4 Å². The van der Waals surface area contributed by atoms with Crippen LogP contribution in [0.1, 0.15) is 36.7 Å². The molecule has 1 atom stereocenters. The van der Waals surface area contributed by atoms with Crippen molar-refractivity contribution in [2.75, 3.05) is 6.54 Å². The molecule has 1 aromatic carbocycles. The molecule has 0 bridgehead atoms. The second kappa shape index (κ2) is 5.61. The Balaban J connectivity index is 1.85. The Labute approximate surface area is 121 Å². The molecule has 0 radical (unpaired) electrons. The minimum Gasteiger partial charge on any atom is -0.334 e. The van der Waals surface area contributed by atoms with Crippen molar-refractivity contribution in [1.82, 2.24) is 15.5 Å². The van der Waals surface area contributed by atoms with Gasteiger partial charge in [-0.15, -0.1) is 0 Å². The molecule has 7 heteroatoms. The highest BCUT2D eigenvalue weighted by Gasteiger charge is 2.21. The zero-order chi connectivity index (χ0) is 14.8. The van der Waals surface area contributed by atoms with Crippen molar-refractivity contribution >= 4 is 5.69 Å². The quantitative estimate of drug-likeness (QED) is 0.689. The summed E-state index contributed by atoms with van der Waals surface area (Å²) < 4.78 is 5.29. The van der Waals surface area contributed by atoms with E-state index in [2.05, 4.69) is 15.5 Å². The minimum atomic E-state index is -0.399. The maximum Gasteiger partial charge on any atom is 0.272 e. The van der Waals surface area contributed by atoms with Gasteiger partial charge in [-0.2, -0.15) is 4.98 Å². The number of nitro benzene ring substituents is 1. The zero-order valence-electron chi connectivity index (χ0n) is 11.7. The first kappa shape index (κ1) is 13.7. The highest BCUT2D eigenvalue weighted by molar-refractivity contribution is 5.58. The molecular weight excluding hydrogens is 272 g/mol. The van der Waals surface area contributed by atoms with Crippen molar-refractivity contribution in [3.8, 4) is 11.5 Å². The van der Waals surface area contributed by atoms with Gasteiger partial charge in [0.25, 0.3) is 11.6 Å². The summed E-state index contributed by atoms with van der Waals surface area (Å²) in [5, 5.41) is 18.2. The lowest BCUT2D eigenvalue weighted by molar-refractivity contribution is -0.385. The molecule has 0 amide bonds. The van der Waals surface area contributed by atoms with E-state index >= 15 is 0 Å². The van der Waals surface area contributed by atoms with Crippen LogP contribution >= 0.6 is 0 Å². The fourth-order valence-corrected chi connectivity index (χ4v) is 2.56. The maximum absolute atomic E-state index is 10.8. The number of nitrogens with one attached hydrogen (secondary N) is 1. The number of benzene rings is 1. The second-order valence-corrected chi connectivity index (χ2v) is 5.22. The van der Waals surface area contributed by atoms with Gasteiger partial charge in [0.05, 0.1) is 11.0 Å². The van der Waals surface area contributed by atoms with E-state index in [0.717, 1.165) is 19.4 Å². The molecule has 1 saturated heterocycles. The largest absolute Gasteiger partial charge is 0.334 e. The number of aromatic nitrogens is 2. The molecule has 7 nitrogen and oxygen atoms in total. The van der Waals surface area contributed by atoms with Crippen LogP contribution in [-0.4, -0.2) is 21.6 Å². The number of hydrogen-bond donors (Lipinski definition) is 1. The van der Waals surface area contributed by atoms with Gasteiger partial charge >= 0.3 is 0 Å². The van der Waals surface area contributed by atoms with Crippen molar-refractivity contribution in [1.29, 1.82) is 0 Å². The topological polar surface area (TPSA) is 94.1 Å². The SMILES string of the molecule is Cc1cc(-c2nc(C3CCCCN3)no2)ccc1[N+](=O)[O-]. The van der Waals surface area contributed by atoms with E-state index in [4.69, 9.17) is 4.52 Å². The first-order valence-corrected chi connectivity index (χ1v) is 6.97. The first-order valence-electron chi connectivity index (χ1n) is 6.97. The Kier molecular flexibility index (Phi) is 3.66. The number of piperidine rings is 1. The zero-order valence-corrected chi connectivity index (χ0v) is 11.7. The number of rotatable bonds is 3. The van der Waals surface area contributed by atoms with E-state index in [-0.39, 0.29) is 11.7 Å². The molecule has 1 aliphatic rings. The Morgan fingerprint density at radius 1 is 1.43 bits per heavy atom. The van der Waals surface area contributed by atoms with Gasteiger partial charge in [0.2, 0.25) is 0 Å².